The molecule has 13 nitrogen and oxygen atoms in total. The van der Waals surface area contributed by atoms with E-state index < -0.39 is 29.2 Å². The second-order valence-corrected chi connectivity index (χ2v) is 8.74. The summed E-state index contributed by atoms with van der Waals surface area (Å²) < 4.78 is 5.74. The molecule has 15 heteroatoms. The summed E-state index contributed by atoms with van der Waals surface area (Å²) in [7, 11) is 0. The number of nitrogen functional groups attached to an aromatic ring is 1. The molecule has 0 bridgehead atoms. The number of nitrogens with zero attached hydrogens (tertiary/aromatic N) is 6. The number of anilines is 1. The molecule has 2 aromatic heterocycles. The number of rotatable bonds is 8. The van der Waals surface area contributed by atoms with E-state index in [1.165, 1.54) is 16.7 Å². The predicted molar refractivity (Wildman–Crippen MR) is 117 cm³/mol. The Labute approximate surface area is 195 Å². The molecule has 4 heterocycles. The lowest BCUT2D eigenvalue weighted by Crippen LogP contribution is -2.71. The first-order valence-electron chi connectivity index (χ1n) is 9.70. The molecule has 1 unspecified atom stereocenters. The standard InChI is InChI=1S/C18H18N8O5S2/c1-2-31-23-10(13-22-18(19)33-24-13)14(27)21-11-15(28)26-12(17(29)30)9(8-32-16(11)26)7-25-5-3-20-4-6-25/h3-6,11,16H,2,7-8H2,1H3,(H3-,19,21,22,24,27,29,30)/p+1/t11?,16-/m1/s1. The number of fused-ring (bicyclic) bond motifs is 1. The van der Waals surface area contributed by atoms with Crippen LogP contribution in [-0.4, -0.2) is 71.6 Å². The highest BCUT2D eigenvalue weighted by atomic mass is 32.2. The third kappa shape index (κ3) is 4.49. The van der Waals surface area contributed by atoms with E-state index in [1.54, 1.807) is 36.3 Å². The molecule has 172 valence electrons. The number of nitrogens with two attached hydrogens (primary N) is 1. The fourth-order valence-electron chi connectivity index (χ4n) is 3.33. The van der Waals surface area contributed by atoms with Crippen LogP contribution in [0.25, 0.3) is 0 Å². The van der Waals surface area contributed by atoms with Crippen LogP contribution in [-0.2, 0) is 25.8 Å². The van der Waals surface area contributed by atoms with Gasteiger partial charge < -0.3 is 21.0 Å². The highest BCUT2D eigenvalue weighted by molar-refractivity contribution is 8.00. The summed E-state index contributed by atoms with van der Waals surface area (Å²) in [6, 6.07) is -0.935. The van der Waals surface area contributed by atoms with Crippen LogP contribution in [0.1, 0.15) is 12.7 Å². The Morgan fingerprint density at radius 3 is 2.82 bits per heavy atom. The van der Waals surface area contributed by atoms with Crippen molar-refractivity contribution >= 4 is 51.9 Å². The van der Waals surface area contributed by atoms with Crippen molar-refractivity contribution in [3.05, 3.63) is 41.9 Å². The molecule has 4 N–H and O–H groups in total. The largest absolute Gasteiger partial charge is 0.477 e. The van der Waals surface area contributed by atoms with Gasteiger partial charge in [-0.2, -0.15) is 13.9 Å². The Morgan fingerprint density at radius 1 is 1.42 bits per heavy atom. The second kappa shape index (κ2) is 9.50. The number of carboxylic acids is 1. The average molecular weight is 492 g/mol. The lowest BCUT2D eigenvalue weighted by Gasteiger charge is -2.49. The number of hydrogen-bond acceptors (Lipinski definition) is 11. The van der Waals surface area contributed by atoms with E-state index in [0.717, 1.165) is 11.5 Å². The molecule has 1 saturated heterocycles. The van der Waals surface area contributed by atoms with E-state index in [0.29, 0.717) is 17.9 Å². The van der Waals surface area contributed by atoms with Gasteiger partial charge in [0.25, 0.3) is 11.8 Å². The van der Waals surface area contributed by atoms with Gasteiger partial charge in [0.05, 0.1) is 12.4 Å². The Kier molecular flexibility index (Phi) is 6.50. The molecule has 0 saturated carbocycles. The predicted octanol–water partition coefficient (Wildman–Crippen LogP) is -1.02. The maximum Gasteiger partial charge on any atom is 0.352 e. The van der Waals surface area contributed by atoms with Gasteiger partial charge in [0.1, 0.15) is 23.7 Å². The minimum atomic E-state index is -1.20. The van der Waals surface area contributed by atoms with Gasteiger partial charge in [0.2, 0.25) is 11.5 Å². The van der Waals surface area contributed by atoms with Gasteiger partial charge in [-0.1, -0.05) is 5.16 Å². The molecule has 1 fully saturated rings. The summed E-state index contributed by atoms with van der Waals surface area (Å²) >= 11 is 2.25. The molecule has 2 aliphatic heterocycles. The maximum atomic E-state index is 12.9. The topological polar surface area (TPSA) is 177 Å². The van der Waals surface area contributed by atoms with E-state index in [1.807, 2.05) is 0 Å². The van der Waals surface area contributed by atoms with E-state index >= 15 is 0 Å². The first-order valence-corrected chi connectivity index (χ1v) is 11.5. The van der Waals surface area contributed by atoms with Crippen LogP contribution >= 0.6 is 23.3 Å². The number of hydrogen-bond donors (Lipinski definition) is 3. The van der Waals surface area contributed by atoms with Crippen molar-refractivity contribution < 1.29 is 28.9 Å². The number of β-lactam (4-membered cyclic amide) rings is 1. The van der Waals surface area contributed by atoms with Crippen molar-refractivity contribution in [3.63, 3.8) is 0 Å². The minimum absolute atomic E-state index is 0.0221. The molecule has 33 heavy (non-hydrogen) atoms. The van der Waals surface area contributed by atoms with Crippen LogP contribution in [0.15, 0.2) is 41.2 Å². The Balaban J connectivity index is 1.53. The van der Waals surface area contributed by atoms with Gasteiger partial charge in [-0.15, -0.1) is 11.8 Å². The number of aliphatic carboxylic acids is 1. The molecular formula is C18H19N8O5S2+. The quantitative estimate of drug-likeness (QED) is 0.179. The molecule has 0 aliphatic carbocycles. The number of thioether (sulfide) groups is 1. The summed E-state index contributed by atoms with van der Waals surface area (Å²) in [6.07, 6.45) is 6.60. The second-order valence-electron chi connectivity index (χ2n) is 6.85. The molecule has 4 rings (SSSR count). The molecule has 2 atom stereocenters. The maximum absolute atomic E-state index is 12.9. The van der Waals surface area contributed by atoms with Crippen LogP contribution in [0.4, 0.5) is 5.13 Å². The molecule has 2 aliphatic rings. The van der Waals surface area contributed by atoms with E-state index in [2.05, 4.69) is 24.8 Å². The summed E-state index contributed by atoms with van der Waals surface area (Å²) in [4.78, 5) is 51.8. The smallest absolute Gasteiger partial charge is 0.352 e. The average Bonchev–Trinajstić information content (AvgIpc) is 3.23. The summed E-state index contributed by atoms with van der Waals surface area (Å²) in [5.74, 6) is -2.10. The number of carbonyl (C=O) groups excluding carboxylic acids is 2. The number of aromatic nitrogens is 4. The fraction of sp³-hybridized carbons (Fsp3) is 0.333. The van der Waals surface area contributed by atoms with Crippen LogP contribution in [0.3, 0.4) is 0 Å². The van der Waals surface area contributed by atoms with Crippen LogP contribution < -0.4 is 15.6 Å². The van der Waals surface area contributed by atoms with Gasteiger partial charge in [-0.3, -0.25) is 19.5 Å². The monoisotopic (exact) mass is 491 g/mol. The van der Waals surface area contributed by atoms with Gasteiger partial charge in [-0.25, -0.2) is 4.79 Å². The van der Waals surface area contributed by atoms with E-state index in [-0.39, 0.29) is 29.0 Å². The Morgan fingerprint density at radius 2 is 2.18 bits per heavy atom. The molecule has 0 spiro atoms. The SMILES string of the molecule is CCON=C(C(=O)NC1C(=O)N2C(C(=O)O)=C(C[n+]3ccncc3)CS[C@H]12)c1nsc(N)n1. The normalized spacial score (nSPS) is 20.2. The number of carbonyl (C=O) groups is 3. The molecule has 2 amide bonds. The van der Waals surface area contributed by atoms with Gasteiger partial charge >= 0.3 is 5.97 Å². The number of oxime groups is 1. The van der Waals surface area contributed by atoms with Crippen LogP contribution in [0.5, 0.6) is 0 Å². The lowest BCUT2D eigenvalue weighted by atomic mass is 10.0. The highest BCUT2D eigenvalue weighted by Crippen LogP contribution is 2.40. The number of amides is 2. The zero-order valence-electron chi connectivity index (χ0n) is 17.2. The highest BCUT2D eigenvalue weighted by Gasteiger charge is 2.54. The van der Waals surface area contributed by atoms with Crippen molar-refractivity contribution in [1.29, 1.82) is 0 Å². The number of carboxylic acid groups (broad SMARTS) is 1. The van der Waals surface area contributed by atoms with E-state index in [4.69, 9.17) is 10.6 Å². The lowest BCUT2D eigenvalue weighted by molar-refractivity contribution is -0.689. The Bertz CT molecular complexity index is 1150. The third-order valence-corrected chi connectivity index (χ3v) is 6.63. The van der Waals surface area contributed by atoms with E-state index in [9.17, 15) is 19.5 Å². The van der Waals surface area contributed by atoms with Crippen LogP contribution in [0, 0.1) is 0 Å². The van der Waals surface area contributed by atoms with Crippen LogP contribution in [0.2, 0.25) is 0 Å². The fourth-order valence-corrected chi connectivity index (χ4v) is 5.10. The zero-order chi connectivity index (χ0) is 23.5. The van der Waals surface area contributed by atoms with Crippen molar-refractivity contribution in [3.8, 4) is 0 Å². The van der Waals surface area contributed by atoms with Crippen molar-refractivity contribution in [1.82, 2.24) is 24.6 Å². The number of nitrogens with one attached hydrogen (secondary N) is 1. The van der Waals surface area contributed by atoms with Crippen molar-refractivity contribution in [2.45, 2.75) is 24.9 Å². The first-order chi connectivity index (χ1) is 15.9. The summed E-state index contributed by atoms with van der Waals surface area (Å²) in [5.41, 5.74) is 5.88. The molecule has 2 aromatic rings. The molecular weight excluding hydrogens is 472 g/mol. The third-order valence-electron chi connectivity index (χ3n) is 4.75. The summed E-state index contributed by atoms with van der Waals surface area (Å²) in [6.45, 7) is 2.19. The Hall–Kier alpha value is -3.59. The van der Waals surface area contributed by atoms with Gasteiger partial charge in [-0.05, 0) is 6.92 Å². The molecule has 0 radical (unpaired) electrons. The summed E-state index contributed by atoms with van der Waals surface area (Å²) in [5, 5.41) is 15.7. The minimum Gasteiger partial charge on any atom is -0.477 e. The molecule has 0 aromatic carbocycles. The van der Waals surface area contributed by atoms with Gasteiger partial charge in [0, 0.05) is 22.9 Å². The van der Waals surface area contributed by atoms with Gasteiger partial charge in [0.15, 0.2) is 24.1 Å². The zero-order valence-corrected chi connectivity index (χ0v) is 18.9. The van der Waals surface area contributed by atoms with Crippen molar-refractivity contribution in [2.75, 3.05) is 18.1 Å². The first kappa shape index (κ1) is 22.6. The van der Waals surface area contributed by atoms with Crippen molar-refractivity contribution in [2.24, 2.45) is 5.16 Å².